The summed E-state index contributed by atoms with van der Waals surface area (Å²) in [5.74, 6) is 0. The van der Waals surface area contributed by atoms with E-state index in [0.29, 0.717) is 4.99 Å². The Morgan fingerprint density at radius 3 is 2.42 bits per heavy atom. The Kier molecular flexibility index (Phi) is 3.81. The van der Waals surface area contributed by atoms with Gasteiger partial charge in [0.2, 0.25) is 0 Å². The van der Waals surface area contributed by atoms with Gasteiger partial charge in [0.05, 0.1) is 11.3 Å². The maximum Gasteiger partial charge on any atom is 0.107 e. The number of aromatic nitrogens is 1. The van der Waals surface area contributed by atoms with Crippen LogP contribution in [0.25, 0.3) is 0 Å². The van der Waals surface area contributed by atoms with Crippen molar-refractivity contribution in [1.82, 2.24) is 4.98 Å². The van der Waals surface area contributed by atoms with E-state index >= 15 is 0 Å². The minimum absolute atomic E-state index is 0.378. The highest BCUT2D eigenvalue weighted by atomic mass is 32.1. The highest BCUT2D eigenvalue weighted by molar-refractivity contribution is 7.80. The van der Waals surface area contributed by atoms with Gasteiger partial charge in [0.15, 0.2) is 0 Å². The second-order valence-corrected chi connectivity index (χ2v) is 4.94. The molecule has 4 heteroatoms. The number of hydrogen-bond acceptors (Lipinski definition) is 3. The van der Waals surface area contributed by atoms with Crippen molar-refractivity contribution in [2.24, 2.45) is 5.73 Å². The number of anilines is 2. The van der Waals surface area contributed by atoms with Gasteiger partial charge in [-0.1, -0.05) is 30.4 Å². The molecule has 19 heavy (non-hydrogen) atoms. The second-order valence-electron chi connectivity index (χ2n) is 4.50. The van der Waals surface area contributed by atoms with E-state index in [9.17, 15) is 0 Å². The van der Waals surface area contributed by atoms with Gasteiger partial charge in [-0.05, 0) is 32.0 Å². The maximum atomic E-state index is 5.85. The van der Waals surface area contributed by atoms with E-state index in [-0.39, 0.29) is 0 Å². The van der Waals surface area contributed by atoms with Crippen LogP contribution in [-0.2, 0) is 0 Å². The van der Waals surface area contributed by atoms with Crippen LogP contribution in [-0.4, -0.2) is 17.0 Å². The number of pyridine rings is 1. The Morgan fingerprint density at radius 1 is 1.21 bits per heavy atom. The molecule has 98 valence electrons. The molecule has 0 atom stereocenters. The summed E-state index contributed by atoms with van der Waals surface area (Å²) in [6.45, 7) is 3.91. The van der Waals surface area contributed by atoms with Crippen LogP contribution in [0.4, 0.5) is 11.4 Å². The normalized spacial score (nSPS) is 10.3. The Labute approximate surface area is 119 Å². The van der Waals surface area contributed by atoms with Crippen LogP contribution >= 0.6 is 12.2 Å². The van der Waals surface area contributed by atoms with Gasteiger partial charge in [-0.15, -0.1) is 0 Å². The van der Waals surface area contributed by atoms with Crippen molar-refractivity contribution in [3.63, 3.8) is 0 Å². The summed E-state index contributed by atoms with van der Waals surface area (Å²) in [5, 5.41) is 0. The average molecular weight is 271 g/mol. The first-order valence-corrected chi connectivity index (χ1v) is 6.48. The van der Waals surface area contributed by atoms with Crippen molar-refractivity contribution in [3.8, 4) is 0 Å². The maximum absolute atomic E-state index is 5.85. The van der Waals surface area contributed by atoms with Crippen LogP contribution in [0.2, 0.25) is 0 Å². The van der Waals surface area contributed by atoms with E-state index < -0.39 is 0 Å². The fraction of sp³-hybridized carbons (Fsp3) is 0.200. The van der Waals surface area contributed by atoms with E-state index in [1.807, 2.05) is 45.2 Å². The third-order valence-electron chi connectivity index (χ3n) is 3.06. The molecule has 0 bridgehead atoms. The first-order chi connectivity index (χ1) is 9.00. The number of para-hydroxylation sites is 1. The van der Waals surface area contributed by atoms with Gasteiger partial charge in [0.25, 0.3) is 0 Å². The average Bonchev–Trinajstić information content (AvgIpc) is 2.37. The van der Waals surface area contributed by atoms with Crippen molar-refractivity contribution < 1.29 is 0 Å². The molecule has 3 nitrogen and oxygen atoms in total. The van der Waals surface area contributed by atoms with E-state index in [4.69, 9.17) is 18.0 Å². The molecule has 0 saturated carbocycles. The molecule has 0 amide bonds. The second kappa shape index (κ2) is 5.36. The summed E-state index contributed by atoms with van der Waals surface area (Å²) in [5.41, 5.74) is 10.6. The fourth-order valence-electron chi connectivity index (χ4n) is 2.17. The SMILES string of the molecule is Cc1cc(N(C)c2ccccc2)c(C(N)=S)c(C)n1. The van der Waals surface area contributed by atoms with Gasteiger partial charge in [0, 0.05) is 24.1 Å². The van der Waals surface area contributed by atoms with Crippen molar-refractivity contribution in [2.45, 2.75) is 13.8 Å². The Morgan fingerprint density at radius 2 is 1.84 bits per heavy atom. The molecule has 2 rings (SSSR count). The minimum atomic E-state index is 0.378. The highest BCUT2D eigenvalue weighted by Gasteiger charge is 2.15. The van der Waals surface area contributed by atoms with Gasteiger partial charge in [-0.3, -0.25) is 4.98 Å². The summed E-state index contributed by atoms with van der Waals surface area (Å²) < 4.78 is 0. The first-order valence-electron chi connectivity index (χ1n) is 6.07. The predicted octanol–water partition coefficient (Wildman–Crippen LogP) is 3.10. The molecule has 0 spiro atoms. The molecule has 1 aromatic carbocycles. The van der Waals surface area contributed by atoms with Gasteiger partial charge >= 0.3 is 0 Å². The summed E-state index contributed by atoms with van der Waals surface area (Å²) in [6, 6.07) is 12.1. The minimum Gasteiger partial charge on any atom is -0.389 e. The van der Waals surface area contributed by atoms with E-state index in [1.54, 1.807) is 0 Å². The molecule has 2 N–H and O–H groups in total. The van der Waals surface area contributed by atoms with Crippen molar-refractivity contribution >= 4 is 28.6 Å². The summed E-state index contributed by atoms with van der Waals surface area (Å²) in [4.78, 5) is 6.89. The third-order valence-corrected chi connectivity index (χ3v) is 3.26. The van der Waals surface area contributed by atoms with Crippen LogP contribution < -0.4 is 10.6 Å². The number of aryl methyl sites for hydroxylation is 2. The zero-order chi connectivity index (χ0) is 14.0. The summed E-state index contributed by atoms with van der Waals surface area (Å²) in [6.07, 6.45) is 0. The Bertz CT molecular complexity index is 608. The Balaban J connectivity index is 2.58. The number of thiocarbonyl (C=S) groups is 1. The molecule has 0 aliphatic heterocycles. The zero-order valence-corrected chi connectivity index (χ0v) is 12.2. The van der Waals surface area contributed by atoms with E-state index in [1.165, 1.54) is 0 Å². The number of nitrogens with zero attached hydrogens (tertiary/aromatic N) is 2. The van der Waals surface area contributed by atoms with Crippen molar-refractivity contribution in [2.75, 3.05) is 11.9 Å². The molecule has 0 saturated heterocycles. The van der Waals surface area contributed by atoms with Crippen LogP contribution in [0.1, 0.15) is 17.0 Å². The zero-order valence-electron chi connectivity index (χ0n) is 11.3. The topological polar surface area (TPSA) is 42.1 Å². The lowest BCUT2D eigenvalue weighted by Gasteiger charge is -2.23. The molecular weight excluding hydrogens is 254 g/mol. The van der Waals surface area contributed by atoms with Crippen molar-refractivity contribution in [1.29, 1.82) is 0 Å². The summed E-state index contributed by atoms with van der Waals surface area (Å²) >= 11 is 5.16. The Hall–Kier alpha value is -1.94. The quantitative estimate of drug-likeness (QED) is 0.871. The smallest absolute Gasteiger partial charge is 0.107 e. The predicted molar refractivity (Wildman–Crippen MR) is 84.1 cm³/mol. The lowest BCUT2D eigenvalue weighted by atomic mass is 10.1. The molecule has 0 aliphatic rings. The number of hydrogen-bond donors (Lipinski definition) is 1. The monoisotopic (exact) mass is 271 g/mol. The first kappa shape index (κ1) is 13.5. The van der Waals surface area contributed by atoms with Gasteiger partial charge in [-0.25, -0.2) is 0 Å². The third kappa shape index (κ3) is 2.74. The van der Waals surface area contributed by atoms with Crippen LogP contribution in [0.5, 0.6) is 0 Å². The number of benzene rings is 1. The van der Waals surface area contributed by atoms with Gasteiger partial charge in [-0.2, -0.15) is 0 Å². The largest absolute Gasteiger partial charge is 0.389 e. The van der Waals surface area contributed by atoms with Gasteiger partial charge in [0.1, 0.15) is 4.99 Å². The highest BCUT2D eigenvalue weighted by Crippen LogP contribution is 2.28. The van der Waals surface area contributed by atoms with Gasteiger partial charge < -0.3 is 10.6 Å². The van der Waals surface area contributed by atoms with Crippen LogP contribution in [0.15, 0.2) is 36.4 Å². The summed E-state index contributed by atoms with van der Waals surface area (Å²) in [7, 11) is 2.01. The molecule has 0 aliphatic carbocycles. The lowest BCUT2D eigenvalue weighted by molar-refractivity contribution is 1.09. The molecule has 0 radical (unpaired) electrons. The standard InChI is InChI=1S/C15H17N3S/c1-10-9-13(14(15(16)19)11(2)17-10)18(3)12-7-5-4-6-8-12/h4-9H,1-3H3,(H2,16,19). The number of rotatable bonds is 3. The van der Waals surface area contributed by atoms with Crippen molar-refractivity contribution in [3.05, 3.63) is 53.3 Å². The fourth-order valence-corrected chi connectivity index (χ4v) is 2.42. The number of nitrogens with two attached hydrogens (primary N) is 1. The lowest BCUT2D eigenvalue weighted by Crippen LogP contribution is -2.20. The van der Waals surface area contributed by atoms with Crippen LogP contribution in [0.3, 0.4) is 0 Å². The molecule has 0 fully saturated rings. The molecule has 1 aromatic heterocycles. The van der Waals surface area contributed by atoms with E-state index in [2.05, 4.69) is 22.0 Å². The molecule has 0 unspecified atom stereocenters. The van der Waals surface area contributed by atoms with E-state index in [0.717, 1.165) is 28.3 Å². The molecule has 1 heterocycles. The van der Waals surface area contributed by atoms with Crippen LogP contribution in [0, 0.1) is 13.8 Å². The molecule has 2 aromatic rings. The molecular formula is C15H17N3S.